The van der Waals surface area contributed by atoms with Crippen LogP contribution in [0, 0.1) is 5.92 Å². The van der Waals surface area contributed by atoms with Gasteiger partial charge in [-0.05, 0) is 52.7 Å². The fourth-order valence-electron chi connectivity index (χ4n) is 2.87. The first-order valence-corrected chi connectivity index (χ1v) is 8.43. The Kier molecular flexibility index (Phi) is 5.51. The quantitative estimate of drug-likeness (QED) is 0.794. The van der Waals surface area contributed by atoms with Crippen molar-refractivity contribution >= 4 is 27.3 Å². The number of halogens is 1. The zero-order valence-corrected chi connectivity index (χ0v) is 12.9. The fraction of sp³-hybridized carbons (Fsp3) is 0.714. The molecule has 17 heavy (non-hydrogen) atoms. The molecule has 2 rings (SSSR count). The van der Waals surface area contributed by atoms with E-state index in [2.05, 4.69) is 39.1 Å². The van der Waals surface area contributed by atoms with Gasteiger partial charge in [-0.3, -0.25) is 0 Å². The van der Waals surface area contributed by atoms with Crippen LogP contribution in [0.4, 0.5) is 0 Å². The molecular weight excluding hydrogens is 294 g/mol. The van der Waals surface area contributed by atoms with Gasteiger partial charge in [0.2, 0.25) is 0 Å². The summed E-state index contributed by atoms with van der Waals surface area (Å²) in [5.74, 6) is 0.983. The Hall–Kier alpha value is 0.140. The van der Waals surface area contributed by atoms with E-state index in [0.29, 0.717) is 6.04 Å². The third kappa shape index (κ3) is 3.80. The van der Waals surface area contributed by atoms with Crippen molar-refractivity contribution in [2.75, 3.05) is 7.05 Å². The summed E-state index contributed by atoms with van der Waals surface area (Å²) in [6.07, 6.45) is 9.95. The molecule has 1 heterocycles. The highest BCUT2D eigenvalue weighted by atomic mass is 79.9. The van der Waals surface area contributed by atoms with Crippen molar-refractivity contribution in [2.24, 2.45) is 5.92 Å². The van der Waals surface area contributed by atoms with E-state index in [0.717, 1.165) is 5.92 Å². The minimum absolute atomic E-state index is 0.526. The fourth-order valence-corrected chi connectivity index (χ4v) is 4.50. The zero-order chi connectivity index (χ0) is 12.1. The minimum atomic E-state index is 0.526. The largest absolute Gasteiger partial charge is 0.313 e. The first-order valence-electron chi connectivity index (χ1n) is 6.70. The van der Waals surface area contributed by atoms with Gasteiger partial charge in [0.1, 0.15) is 0 Å². The summed E-state index contributed by atoms with van der Waals surface area (Å²) in [7, 11) is 2.08. The number of rotatable bonds is 5. The second-order valence-electron chi connectivity index (χ2n) is 5.10. The monoisotopic (exact) mass is 315 g/mol. The molecule has 0 aliphatic heterocycles. The number of hydrogen-bond donors (Lipinski definition) is 1. The lowest BCUT2D eigenvalue weighted by molar-refractivity contribution is 0.317. The molecule has 1 aromatic rings. The van der Waals surface area contributed by atoms with Gasteiger partial charge in [0.05, 0.1) is 0 Å². The maximum absolute atomic E-state index is 3.64. The van der Waals surface area contributed by atoms with E-state index >= 15 is 0 Å². The zero-order valence-electron chi connectivity index (χ0n) is 10.5. The van der Waals surface area contributed by atoms with Gasteiger partial charge in [0.15, 0.2) is 0 Å². The summed E-state index contributed by atoms with van der Waals surface area (Å²) in [6, 6.07) is 0.526. The molecule has 1 atom stereocenters. The molecule has 96 valence electrons. The Balaban J connectivity index is 1.85. The third-order valence-corrected chi connectivity index (χ3v) is 5.71. The number of hydrogen-bond acceptors (Lipinski definition) is 2. The van der Waals surface area contributed by atoms with E-state index < -0.39 is 0 Å². The van der Waals surface area contributed by atoms with Gasteiger partial charge in [0, 0.05) is 15.9 Å². The first-order chi connectivity index (χ1) is 8.31. The van der Waals surface area contributed by atoms with Crippen LogP contribution >= 0.6 is 27.3 Å². The molecular formula is C14H22BrNS. The Labute approximate surface area is 117 Å². The summed E-state index contributed by atoms with van der Waals surface area (Å²) >= 11 is 5.43. The molecule has 1 unspecified atom stereocenters. The van der Waals surface area contributed by atoms with Crippen LogP contribution in [0.2, 0.25) is 0 Å². The molecule has 1 nitrogen and oxygen atoms in total. The second kappa shape index (κ2) is 6.91. The third-order valence-electron chi connectivity index (χ3n) is 3.95. The lowest BCUT2D eigenvalue weighted by Crippen LogP contribution is -2.18. The molecule has 0 radical (unpaired) electrons. The van der Waals surface area contributed by atoms with E-state index in [-0.39, 0.29) is 0 Å². The summed E-state index contributed by atoms with van der Waals surface area (Å²) < 4.78 is 1.27. The highest BCUT2D eigenvalue weighted by molar-refractivity contribution is 9.10. The van der Waals surface area contributed by atoms with Gasteiger partial charge in [0.25, 0.3) is 0 Å². The molecule has 1 aliphatic rings. The Morgan fingerprint density at radius 2 is 2.12 bits per heavy atom. The van der Waals surface area contributed by atoms with Crippen LogP contribution in [0.5, 0.6) is 0 Å². The van der Waals surface area contributed by atoms with E-state index in [1.807, 2.05) is 0 Å². The molecule has 0 spiro atoms. The van der Waals surface area contributed by atoms with Crippen molar-refractivity contribution in [3.8, 4) is 0 Å². The van der Waals surface area contributed by atoms with Crippen molar-refractivity contribution in [3.05, 3.63) is 20.8 Å². The molecule has 1 N–H and O–H groups in total. The van der Waals surface area contributed by atoms with E-state index in [1.165, 1.54) is 55.0 Å². The Morgan fingerprint density at radius 3 is 2.71 bits per heavy atom. The van der Waals surface area contributed by atoms with Gasteiger partial charge in [-0.25, -0.2) is 0 Å². The first kappa shape index (κ1) is 13.6. The SMILES string of the molecule is CNC(CCC1CCCCC1)c1cscc1Br. The predicted molar refractivity (Wildman–Crippen MR) is 79.6 cm³/mol. The van der Waals surface area contributed by atoms with Gasteiger partial charge in [-0.2, -0.15) is 11.3 Å². The van der Waals surface area contributed by atoms with Crippen molar-refractivity contribution in [1.29, 1.82) is 0 Å². The van der Waals surface area contributed by atoms with Crippen LogP contribution < -0.4 is 5.32 Å². The predicted octanol–water partition coefficient (Wildman–Crippen LogP) is 5.13. The maximum Gasteiger partial charge on any atom is 0.0337 e. The average Bonchev–Trinajstić information content (AvgIpc) is 2.78. The van der Waals surface area contributed by atoms with Gasteiger partial charge >= 0.3 is 0 Å². The topological polar surface area (TPSA) is 12.0 Å². The second-order valence-corrected chi connectivity index (χ2v) is 6.70. The molecule has 0 bridgehead atoms. The van der Waals surface area contributed by atoms with Gasteiger partial charge < -0.3 is 5.32 Å². The summed E-state index contributed by atoms with van der Waals surface area (Å²) in [5, 5.41) is 7.91. The highest BCUT2D eigenvalue weighted by Crippen LogP contribution is 2.33. The summed E-state index contributed by atoms with van der Waals surface area (Å²) in [4.78, 5) is 0. The highest BCUT2D eigenvalue weighted by Gasteiger charge is 2.18. The van der Waals surface area contributed by atoms with Crippen LogP contribution in [0.1, 0.15) is 56.6 Å². The van der Waals surface area contributed by atoms with Gasteiger partial charge in [-0.1, -0.05) is 32.1 Å². The lowest BCUT2D eigenvalue weighted by atomic mass is 9.85. The van der Waals surface area contributed by atoms with Crippen molar-refractivity contribution in [3.63, 3.8) is 0 Å². The number of nitrogens with one attached hydrogen (secondary N) is 1. The molecule has 1 saturated carbocycles. The standard InChI is InChI=1S/C14H22BrNS/c1-16-14(12-9-17-10-13(12)15)8-7-11-5-3-2-4-6-11/h9-11,14,16H,2-8H2,1H3. The normalized spacial score (nSPS) is 19.4. The van der Waals surface area contributed by atoms with Crippen LogP contribution in [0.15, 0.2) is 15.2 Å². The Morgan fingerprint density at radius 1 is 1.35 bits per heavy atom. The van der Waals surface area contributed by atoms with Gasteiger partial charge in [-0.15, -0.1) is 0 Å². The van der Waals surface area contributed by atoms with E-state index in [1.54, 1.807) is 11.3 Å². The molecule has 1 fully saturated rings. The molecule has 1 aliphatic carbocycles. The maximum atomic E-state index is 3.64. The smallest absolute Gasteiger partial charge is 0.0337 e. The molecule has 1 aromatic heterocycles. The van der Waals surface area contributed by atoms with Crippen LogP contribution in [0.25, 0.3) is 0 Å². The van der Waals surface area contributed by atoms with Crippen molar-refractivity contribution in [2.45, 2.75) is 51.0 Å². The summed E-state index contributed by atoms with van der Waals surface area (Å²) in [6.45, 7) is 0. The Bertz CT molecular complexity index is 331. The minimum Gasteiger partial charge on any atom is -0.313 e. The molecule has 3 heteroatoms. The van der Waals surface area contributed by atoms with Crippen LogP contribution in [0.3, 0.4) is 0 Å². The lowest BCUT2D eigenvalue weighted by Gasteiger charge is -2.24. The van der Waals surface area contributed by atoms with Crippen molar-refractivity contribution in [1.82, 2.24) is 5.32 Å². The molecule has 0 aromatic carbocycles. The van der Waals surface area contributed by atoms with E-state index in [4.69, 9.17) is 0 Å². The van der Waals surface area contributed by atoms with Crippen LogP contribution in [-0.4, -0.2) is 7.05 Å². The van der Waals surface area contributed by atoms with Crippen molar-refractivity contribution < 1.29 is 0 Å². The molecule has 0 saturated heterocycles. The summed E-state index contributed by atoms with van der Waals surface area (Å²) in [5.41, 5.74) is 1.44. The van der Waals surface area contributed by atoms with Crippen LogP contribution in [-0.2, 0) is 0 Å². The average molecular weight is 316 g/mol. The molecule has 0 amide bonds. The number of thiophene rings is 1. The van der Waals surface area contributed by atoms with E-state index in [9.17, 15) is 0 Å².